The van der Waals surface area contributed by atoms with Gasteiger partial charge in [0.05, 0.1) is 18.1 Å². The molecule has 5 aromatic rings. The van der Waals surface area contributed by atoms with Crippen LogP contribution < -0.4 is 10.1 Å². The van der Waals surface area contributed by atoms with Crippen LogP contribution >= 0.6 is 0 Å². The molecule has 164 valence electrons. The number of nitrogens with one attached hydrogen (secondary N) is 1. The number of halogens is 1. The molecule has 0 aliphatic carbocycles. The summed E-state index contributed by atoms with van der Waals surface area (Å²) in [6.45, 7) is 1.95. The highest BCUT2D eigenvalue weighted by molar-refractivity contribution is 6.08. The monoisotopic (exact) mass is 440 g/mol. The average Bonchev–Trinajstić information content (AvgIpc) is 3.19. The van der Waals surface area contributed by atoms with Gasteiger partial charge >= 0.3 is 0 Å². The van der Waals surface area contributed by atoms with E-state index >= 15 is 0 Å². The average molecular weight is 440 g/mol. The predicted octanol–water partition coefficient (Wildman–Crippen LogP) is 5.35. The second-order valence-corrected chi connectivity index (χ2v) is 7.83. The van der Waals surface area contributed by atoms with Crippen LogP contribution in [0.2, 0.25) is 0 Å². The maximum atomic E-state index is 14.1. The highest BCUT2D eigenvalue weighted by Gasteiger charge is 2.18. The Bertz CT molecular complexity index is 1480. The van der Waals surface area contributed by atoms with Gasteiger partial charge in [-0.3, -0.25) is 14.5 Å². The van der Waals surface area contributed by atoms with Gasteiger partial charge in [0, 0.05) is 28.2 Å². The number of aromatic nitrogens is 3. The molecule has 0 unspecified atom stereocenters. The molecular formula is C26H21FN4O2. The third-order valence-electron chi connectivity index (χ3n) is 5.53. The van der Waals surface area contributed by atoms with Gasteiger partial charge in [0.1, 0.15) is 23.8 Å². The maximum Gasteiger partial charge on any atom is 0.246 e. The summed E-state index contributed by atoms with van der Waals surface area (Å²) in [6.07, 6.45) is 1.72. The lowest BCUT2D eigenvalue weighted by Crippen LogP contribution is -2.19. The fourth-order valence-corrected chi connectivity index (χ4v) is 3.88. The Morgan fingerprint density at radius 1 is 1.03 bits per heavy atom. The summed E-state index contributed by atoms with van der Waals surface area (Å²) in [5, 5.41) is 8.98. The Morgan fingerprint density at radius 3 is 2.52 bits per heavy atom. The summed E-state index contributed by atoms with van der Waals surface area (Å²) in [5.74, 6) is 0.121. The van der Waals surface area contributed by atoms with Crippen LogP contribution in [0.5, 0.6) is 5.75 Å². The van der Waals surface area contributed by atoms with Crippen molar-refractivity contribution in [2.24, 2.45) is 0 Å². The van der Waals surface area contributed by atoms with Crippen molar-refractivity contribution in [1.29, 1.82) is 0 Å². The van der Waals surface area contributed by atoms with Crippen LogP contribution in [0.25, 0.3) is 33.1 Å². The number of benzene rings is 3. The summed E-state index contributed by atoms with van der Waals surface area (Å²) >= 11 is 0. The summed E-state index contributed by atoms with van der Waals surface area (Å²) in [5.41, 5.74) is 4.60. The molecule has 0 aliphatic heterocycles. The number of ether oxygens (including phenoxy) is 1. The SMILES string of the molecule is COc1ccc(-c2nn(CC(=O)Nc3ccc(C)cc3)c3c2cnc2ccc(F)cc23)cc1. The zero-order valence-electron chi connectivity index (χ0n) is 18.2. The molecule has 0 saturated heterocycles. The van der Waals surface area contributed by atoms with E-state index in [1.165, 1.54) is 12.1 Å². The molecule has 0 radical (unpaired) electrons. The fraction of sp³-hybridized carbons (Fsp3) is 0.115. The first-order chi connectivity index (χ1) is 16.0. The van der Waals surface area contributed by atoms with E-state index in [1.807, 2.05) is 55.5 Å². The Balaban J connectivity index is 1.61. The summed E-state index contributed by atoms with van der Waals surface area (Å²) in [7, 11) is 1.61. The van der Waals surface area contributed by atoms with E-state index < -0.39 is 0 Å². The molecule has 0 bridgehead atoms. The van der Waals surface area contributed by atoms with Crippen LogP contribution in [0.1, 0.15) is 5.56 Å². The van der Waals surface area contributed by atoms with Gasteiger partial charge in [-0.1, -0.05) is 17.7 Å². The van der Waals surface area contributed by atoms with Crippen molar-refractivity contribution in [3.05, 3.63) is 84.3 Å². The molecule has 0 aliphatic rings. The highest BCUT2D eigenvalue weighted by atomic mass is 19.1. The molecule has 3 aromatic carbocycles. The number of rotatable bonds is 5. The first-order valence-electron chi connectivity index (χ1n) is 10.5. The third-order valence-corrected chi connectivity index (χ3v) is 5.53. The van der Waals surface area contributed by atoms with E-state index in [1.54, 1.807) is 24.1 Å². The lowest BCUT2D eigenvalue weighted by Gasteiger charge is -2.08. The highest BCUT2D eigenvalue weighted by Crippen LogP contribution is 2.33. The minimum atomic E-state index is -0.375. The van der Waals surface area contributed by atoms with Crippen molar-refractivity contribution < 1.29 is 13.9 Å². The number of anilines is 1. The van der Waals surface area contributed by atoms with Gasteiger partial charge in [0.15, 0.2) is 0 Å². The van der Waals surface area contributed by atoms with Crippen LogP contribution in [0.4, 0.5) is 10.1 Å². The number of hydrogen-bond donors (Lipinski definition) is 1. The van der Waals surface area contributed by atoms with Crippen molar-refractivity contribution in [3.63, 3.8) is 0 Å². The van der Waals surface area contributed by atoms with Crippen molar-refractivity contribution in [2.45, 2.75) is 13.5 Å². The van der Waals surface area contributed by atoms with E-state index in [9.17, 15) is 9.18 Å². The molecule has 5 rings (SSSR count). The van der Waals surface area contributed by atoms with Crippen LogP contribution in [0.3, 0.4) is 0 Å². The Labute approximate surface area is 189 Å². The number of carbonyl (C=O) groups excluding carboxylic acids is 1. The van der Waals surface area contributed by atoms with Crippen molar-refractivity contribution in [1.82, 2.24) is 14.8 Å². The second kappa shape index (κ2) is 8.35. The zero-order valence-corrected chi connectivity index (χ0v) is 18.2. The maximum absolute atomic E-state index is 14.1. The van der Waals surface area contributed by atoms with Gasteiger partial charge < -0.3 is 10.1 Å². The summed E-state index contributed by atoms with van der Waals surface area (Å²) in [4.78, 5) is 17.4. The summed E-state index contributed by atoms with van der Waals surface area (Å²) < 4.78 is 21.0. The molecule has 0 atom stereocenters. The lowest BCUT2D eigenvalue weighted by atomic mass is 10.1. The number of aryl methyl sites for hydroxylation is 1. The molecule has 0 spiro atoms. The standard InChI is InChI=1S/C26H21FN4O2/c1-16-3-8-19(9-4-16)29-24(32)15-31-26-21-13-18(27)7-12-23(21)28-14-22(26)25(30-31)17-5-10-20(33-2)11-6-17/h3-14H,15H2,1-2H3,(H,29,32). The van der Waals surface area contributed by atoms with Gasteiger partial charge in [0.2, 0.25) is 5.91 Å². The number of hydrogen-bond acceptors (Lipinski definition) is 4. The van der Waals surface area contributed by atoms with Crippen molar-refractivity contribution in [3.8, 4) is 17.0 Å². The Morgan fingerprint density at radius 2 is 1.79 bits per heavy atom. The molecule has 6 nitrogen and oxygen atoms in total. The van der Waals surface area contributed by atoms with Gasteiger partial charge in [-0.25, -0.2) is 4.39 Å². The van der Waals surface area contributed by atoms with E-state index in [0.29, 0.717) is 27.8 Å². The molecular weight excluding hydrogens is 419 g/mol. The van der Waals surface area contributed by atoms with Crippen LogP contribution in [0, 0.1) is 12.7 Å². The topological polar surface area (TPSA) is 69.0 Å². The van der Waals surface area contributed by atoms with Gasteiger partial charge in [-0.15, -0.1) is 0 Å². The van der Waals surface area contributed by atoms with Crippen LogP contribution in [-0.4, -0.2) is 27.8 Å². The van der Waals surface area contributed by atoms with E-state index in [0.717, 1.165) is 22.3 Å². The first kappa shape index (κ1) is 20.6. The number of methoxy groups -OCH3 is 1. The molecule has 1 amide bonds. The lowest BCUT2D eigenvalue weighted by molar-refractivity contribution is -0.116. The first-order valence-corrected chi connectivity index (χ1v) is 10.5. The zero-order chi connectivity index (χ0) is 22.9. The number of amides is 1. The van der Waals surface area contributed by atoms with Gasteiger partial charge in [0.25, 0.3) is 0 Å². The quantitative estimate of drug-likeness (QED) is 0.400. The molecule has 7 heteroatoms. The predicted molar refractivity (Wildman–Crippen MR) is 127 cm³/mol. The minimum Gasteiger partial charge on any atom is -0.497 e. The molecule has 0 fully saturated rings. The van der Waals surface area contributed by atoms with Crippen LogP contribution in [0.15, 0.2) is 72.9 Å². The van der Waals surface area contributed by atoms with E-state index in [2.05, 4.69) is 10.3 Å². The number of pyridine rings is 1. The van der Waals surface area contributed by atoms with Gasteiger partial charge in [-0.05, 0) is 61.5 Å². The fourth-order valence-electron chi connectivity index (χ4n) is 3.88. The molecule has 2 heterocycles. The number of nitrogens with zero attached hydrogens (tertiary/aromatic N) is 3. The number of carbonyl (C=O) groups is 1. The number of fused-ring (bicyclic) bond motifs is 3. The molecule has 0 saturated carbocycles. The Kier molecular flexibility index (Phi) is 5.22. The molecule has 33 heavy (non-hydrogen) atoms. The van der Waals surface area contributed by atoms with Crippen LogP contribution in [-0.2, 0) is 11.3 Å². The smallest absolute Gasteiger partial charge is 0.246 e. The largest absolute Gasteiger partial charge is 0.497 e. The van der Waals surface area contributed by atoms with E-state index in [4.69, 9.17) is 9.84 Å². The molecule has 1 N–H and O–H groups in total. The molecule has 2 aromatic heterocycles. The van der Waals surface area contributed by atoms with Gasteiger partial charge in [-0.2, -0.15) is 5.10 Å². The minimum absolute atomic E-state index is 0.0316. The van der Waals surface area contributed by atoms with Crippen molar-refractivity contribution >= 4 is 33.4 Å². The Hall–Kier alpha value is -4.26. The van der Waals surface area contributed by atoms with Crippen molar-refractivity contribution in [2.75, 3.05) is 12.4 Å². The second-order valence-electron chi connectivity index (χ2n) is 7.83. The van der Waals surface area contributed by atoms with E-state index in [-0.39, 0.29) is 18.3 Å². The normalized spacial score (nSPS) is 11.1. The summed E-state index contributed by atoms with van der Waals surface area (Å²) in [6, 6.07) is 19.5. The third kappa shape index (κ3) is 4.01.